The zero-order valence-corrected chi connectivity index (χ0v) is 23.1. The van der Waals surface area contributed by atoms with Crippen LogP contribution in [0.3, 0.4) is 0 Å². The summed E-state index contributed by atoms with van der Waals surface area (Å²) < 4.78 is 5.61. The maximum atomic E-state index is 13.2. The minimum atomic E-state index is -1.46. The van der Waals surface area contributed by atoms with E-state index in [0.717, 1.165) is 18.2 Å². The van der Waals surface area contributed by atoms with Gasteiger partial charge >= 0.3 is 11.9 Å². The summed E-state index contributed by atoms with van der Waals surface area (Å²) in [6, 6.07) is -0.905. The molecule has 0 aromatic heterocycles. The van der Waals surface area contributed by atoms with Crippen molar-refractivity contribution < 1.29 is 48.6 Å². The second kappa shape index (κ2) is 17.3. The lowest BCUT2D eigenvalue weighted by Gasteiger charge is -2.26. The highest BCUT2D eigenvalue weighted by atomic mass is 35.5. The van der Waals surface area contributed by atoms with Gasteiger partial charge in [0.05, 0.1) is 17.1 Å². The summed E-state index contributed by atoms with van der Waals surface area (Å²) in [5, 5.41) is 38.8. The van der Waals surface area contributed by atoms with Crippen molar-refractivity contribution in [2.45, 2.75) is 56.7 Å². The van der Waals surface area contributed by atoms with Gasteiger partial charge < -0.3 is 42.0 Å². The largest absolute Gasteiger partial charge is 0.493 e. The number of rotatable bonds is 11. The fourth-order valence-electron chi connectivity index (χ4n) is 3.86. The van der Waals surface area contributed by atoms with Gasteiger partial charge in [-0.15, -0.1) is 12.4 Å². The zero-order valence-electron chi connectivity index (χ0n) is 22.3. The summed E-state index contributed by atoms with van der Waals surface area (Å²) in [5.41, 5.74) is 4.72. The molecule has 1 aromatic rings. The number of carbonyl (C=O) groups is 6. The molecule has 0 spiro atoms. The van der Waals surface area contributed by atoms with E-state index in [1.165, 1.54) is 0 Å². The smallest absolute Gasteiger partial charge is 0.322 e. The highest BCUT2D eigenvalue weighted by Gasteiger charge is 2.31. The molecule has 0 saturated heterocycles. The summed E-state index contributed by atoms with van der Waals surface area (Å²) >= 11 is 0. The lowest BCUT2D eigenvalue weighted by atomic mass is 10.0. The van der Waals surface area contributed by atoms with Crippen LogP contribution in [0.4, 0.5) is 5.69 Å². The topological polar surface area (TPSA) is 269 Å². The fraction of sp³-hybridized carbons (Fsp3) is 0.500. The Labute approximate surface area is 245 Å². The normalized spacial score (nSPS) is 19.3. The first kappa shape index (κ1) is 35.5. The summed E-state index contributed by atoms with van der Waals surface area (Å²) in [7, 11) is 0. The molecular formula is C24H33ClN6O11. The number of hydrogen-bond donors (Lipinski definition) is 7. The van der Waals surface area contributed by atoms with Crippen LogP contribution in [0.5, 0.6) is 5.75 Å². The Morgan fingerprint density at radius 3 is 2.31 bits per heavy atom. The molecule has 1 heterocycles. The molecule has 2 rings (SSSR count). The van der Waals surface area contributed by atoms with Gasteiger partial charge in [0.1, 0.15) is 30.4 Å². The third kappa shape index (κ3) is 11.2. The Bertz CT molecular complexity index is 1180. The van der Waals surface area contributed by atoms with Crippen LogP contribution in [0.15, 0.2) is 18.2 Å². The number of amides is 4. The number of fused-ring (bicyclic) bond motifs is 1. The number of nitrogens with two attached hydrogens (primary N) is 1. The van der Waals surface area contributed by atoms with Crippen LogP contribution in [0.1, 0.15) is 48.9 Å². The summed E-state index contributed by atoms with van der Waals surface area (Å²) in [5.74, 6) is -6.29. The molecule has 0 aliphatic carbocycles. The molecule has 3 atom stereocenters. The molecule has 1 aliphatic rings. The number of nitro benzene ring substituents is 1. The van der Waals surface area contributed by atoms with Gasteiger partial charge in [-0.1, -0.05) is 0 Å². The van der Waals surface area contributed by atoms with Crippen LogP contribution < -0.4 is 31.7 Å². The van der Waals surface area contributed by atoms with E-state index in [-0.39, 0.29) is 49.6 Å². The van der Waals surface area contributed by atoms with Crippen molar-refractivity contribution in [2.24, 2.45) is 5.73 Å². The Morgan fingerprint density at radius 2 is 1.69 bits per heavy atom. The van der Waals surface area contributed by atoms with Gasteiger partial charge in [0.2, 0.25) is 17.7 Å². The van der Waals surface area contributed by atoms with Crippen LogP contribution in [0.25, 0.3) is 0 Å². The molecule has 17 nitrogen and oxygen atoms in total. The summed E-state index contributed by atoms with van der Waals surface area (Å²) in [6.07, 6.45) is -0.174. The van der Waals surface area contributed by atoms with Gasteiger partial charge in [-0.2, -0.15) is 0 Å². The van der Waals surface area contributed by atoms with Crippen LogP contribution in [-0.2, 0) is 24.0 Å². The SMILES string of the molecule is Cl.NCCCC[C@@H]1NC(=O)[C@H](CCC(=O)O)NC(=O)c2cc([N+](=O)[O-])ccc2OCC[C@H](C(=O)NCC(=O)O)NC1=O. The number of nitro groups is 1. The maximum absolute atomic E-state index is 13.2. The summed E-state index contributed by atoms with van der Waals surface area (Å²) in [6.45, 7) is -0.737. The number of non-ortho nitro benzene ring substituents is 1. The Hall–Kier alpha value is -4.51. The number of aliphatic carboxylic acids is 2. The minimum Gasteiger partial charge on any atom is -0.493 e. The number of hydrogen-bond acceptors (Lipinski definition) is 10. The van der Waals surface area contributed by atoms with E-state index in [2.05, 4.69) is 21.3 Å². The maximum Gasteiger partial charge on any atom is 0.322 e. The lowest BCUT2D eigenvalue weighted by molar-refractivity contribution is -0.384. The molecule has 0 radical (unpaired) electrons. The average Bonchev–Trinajstić information content (AvgIpc) is 2.91. The number of ether oxygens (including phenoxy) is 1. The van der Waals surface area contributed by atoms with Crippen molar-refractivity contribution >= 4 is 53.7 Å². The molecule has 1 aliphatic heterocycles. The van der Waals surface area contributed by atoms with Crippen molar-refractivity contribution in [1.82, 2.24) is 21.3 Å². The highest BCUT2D eigenvalue weighted by Crippen LogP contribution is 2.25. The first-order valence-corrected chi connectivity index (χ1v) is 12.7. The number of carbonyl (C=O) groups excluding carboxylic acids is 4. The first-order valence-electron chi connectivity index (χ1n) is 12.7. The number of carboxylic acids is 2. The monoisotopic (exact) mass is 616 g/mol. The van der Waals surface area contributed by atoms with E-state index < -0.39 is 77.3 Å². The second-order valence-corrected chi connectivity index (χ2v) is 9.05. The molecule has 1 aromatic carbocycles. The number of nitrogens with one attached hydrogen (secondary N) is 4. The summed E-state index contributed by atoms with van der Waals surface area (Å²) in [4.78, 5) is 84.9. The standard InChI is InChI=1S/C24H32N6O11.ClH/c25-9-2-1-3-15-23(37)29-17(22(36)26-12-20(33)34)8-10-41-18-6-4-13(30(39)40)11-14(18)21(35)27-16(24(38)28-15)5-7-19(31)32;/h4,6,11,15-17H,1-3,5,7-10,12,25H2,(H,26,36)(H,27,35)(H,28,38)(H,29,37)(H,31,32)(H,33,34);1H/t15-,16-,17+;/m0./s1. The second-order valence-electron chi connectivity index (χ2n) is 9.05. The average molecular weight is 617 g/mol. The van der Waals surface area contributed by atoms with E-state index in [9.17, 15) is 38.9 Å². The zero-order chi connectivity index (χ0) is 30.5. The van der Waals surface area contributed by atoms with Gasteiger partial charge in [-0.3, -0.25) is 38.9 Å². The molecule has 232 valence electrons. The number of benzene rings is 1. The molecule has 8 N–H and O–H groups in total. The predicted octanol–water partition coefficient (Wildman–Crippen LogP) is -0.938. The Morgan fingerprint density at radius 1 is 1.02 bits per heavy atom. The minimum absolute atomic E-state index is 0. The molecule has 0 fully saturated rings. The molecule has 42 heavy (non-hydrogen) atoms. The van der Waals surface area contributed by atoms with E-state index >= 15 is 0 Å². The Balaban J connectivity index is 0.00000882. The van der Waals surface area contributed by atoms with Crippen molar-refractivity contribution in [2.75, 3.05) is 19.7 Å². The molecule has 18 heteroatoms. The Kier molecular flexibility index (Phi) is 14.7. The predicted molar refractivity (Wildman–Crippen MR) is 146 cm³/mol. The molecule has 4 amide bonds. The van der Waals surface area contributed by atoms with Gasteiger partial charge in [-0.05, 0) is 38.3 Å². The van der Waals surface area contributed by atoms with Gasteiger partial charge in [0.25, 0.3) is 11.6 Å². The lowest BCUT2D eigenvalue weighted by Crippen LogP contribution is -2.57. The van der Waals surface area contributed by atoms with Crippen molar-refractivity contribution in [3.63, 3.8) is 0 Å². The van der Waals surface area contributed by atoms with Crippen LogP contribution >= 0.6 is 12.4 Å². The highest BCUT2D eigenvalue weighted by molar-refractivity contribution is 6.01. The van der Waals surface area contributed by atoms with Gasteiger partial charge in [0.15, 0.2) is 0 Å². The van der Waals surface area contributed by atoms with Gasteiger partial charge in [0, 0.05) is 25.0 Å². The molecule has 0 bridgehead atoms. The molecule has 0 saturated carbocycles. The third-order valence-corrected chi connectivity index (χ3v) is 5.98. The van der Waals surface area contributed by atoms with Crippen molar-refractivity contribution in [3.8, 4) is 5.75 Å². The van der Waals surface area contributed by atoms with E-state index in [1.807, 2.05) is 0 Å². The van der Waals surface area contributed by atoms with Gasteiger partial charge in [-0.25, -0.2) is 0 Å². The first-order chi connectivity index (χ1) is 19.4. The van der Waals surface area contributed by atoms with Crippen LogP contribution in [-0.4, -0.2) is 88.5 Å². The fourth-order valence-corrected chi connectivity index (χ4v) is 3.86. The quantitative estimate of drug-likeness (QED) is 0.0901. The molecular weight excluding hydrogens is 584 g/mol. The number of carboxylic acid groups (broad SMARTS) is 2. The molecule has 0 unspecified atom stereocenters. The van der Waals surface area contributed by atoms with Crippen LogP contribution in [0.2, 0.25) is 0 Å². The number of nitrogens with zero attached hydrogens (tertiary/aromatic N) is 1. The van der Waals surface area contributed by atoms with E-state index in [0.29, 0.717) is 19.4 Å². The van der Waals surface area contributed by atoms with E-state index in [1.54, 1.807) is 0 Å². The number of unbranched alkanes of at least 4 members (excludes halogenated alkanes) is 1. The third-order valence-electron chi connectivity index (χ3n) is 5.98. The van der Waals surface area contributed by atoms with Crippen molar-refractivity contribution in [3.05, 3.63) is 33.9 Å². The van der Waals surface area contributed by atoms with E-state index in [4.69, 9.17) is 20.7 Å². The van der Waals surface area contributed by atoms with Crippen molar-refractivity contribution in [1.29, 1.82) is 0 Å². The number of halogens is 1. The van der Waals surface area contributed by atoms with Crippen LogP contribution in [0, 0.1) is 10.1 Å².